The largest absolute Gasteiger partial charge is 0.329 e. The van der Waals surface area contributed by atoms with E-state index in [4.69, 9.17) is 9.79 Å². The molecule has 0 saturated carbocycles. The molecule has 0 amide bonds. The third kappa shape index (κ3) is 2.75. The van der Waals surface area contributed by atoms with Gasteiger partial charge in [-0.3, -0.25) is 4.57 Å². The Morgan fingerprint density at radius 3 is 2.47 bits per heavy atom. The molecule has 0 saturated heterocycles. The van der Waals surface area contributed by atoms with E-state index in [1.807, 2.05) is 43.3 Å². The monoisotopic (exact) mass is 250 g/mol. The lowest BCUT2D eigenvalue weighted by Crippen LogP contribution is -1.95. The summed E-state index contributed by atoms with van der Waals surface area (Å²) >= 11 is 0. The number of rotatable bonds is 3. The standard InChI is InChI=1S/C13H15O3P/c1-2-12-11(9-17(14,15)16)8-7-10-5-3-4-6-13(10)12/h3-8H,2,9H2,1H3,(H2,14,15,16). The van der Waals surface area contributed by atoms with Crippen molar-refractivity contribution in [1.82, 2.24) is 0 Å². The minimum Gasteiger partial charge on any atom is -0.324 e. The molecule has 0 aromatic heterocycles. The topological polar surface area (TPSA) is 57.5 Å². The predicted octanol–water partition coefficient (Wildman–Crippen LogP) is 3.08. The van der Waals surface area contributed by atoms with Gasteiger partial charge >= 0.3 is 7.60 Å². The maximum Gasteiger partial charge on any atom is 0.329 e. The van der Waals surface area contributed by atoms with Gasteiger partial charge in [0.05, 0.1) is 6.16 Å². The van der Waals surface area contributed by atoms with Crippen LogP contribution in [-0.4, -0.2) is 9.79 Å². The fourth-order valence-electron chi connectivity index (χ4n) is 2.17. The van der Waals surface area contributed by atoms with E-state index in [1.54, 1.807) is 0 Å². The van der Waals surface area contributed by atoms with Gasteiger partial charge in [0.25, 0.3) is 0 Å². The summed E-state index contributed by atoms with van der Waals surface area (Å²) in [6.45, 7) is 2.00. The van der Waals surface area contributed by atoms with Crippen LogP contribution in [0.25, 0.3) is 10.8 Å². The maximum atomic E-state index is 11.1. The first kappa shape index (κ1) is 12.3. The van der Waals surface area contributed by atoms with Crippen molar-refractivity contribution in [2.75, 3.05) is 0 Å². The van der Waals surface area contributed by atoms with Crippen LogP contribution in [0.5, 0.6) is 0 Å². The Bertz CT molecular complexity index is 586. The summed E-state index contributed by atoms with van der Waals surface area (Å²) in [6.07, 6.45) is 0.595. The van der Waals surface area contributed by atoms with Gasteiger partial charge in [0.2, 0.25) is 0 Å². The molecule has 2 rings (SSSR count). The third-order valence-electron chi connectivity index (χ3n) is 2.87. The average Bonchev–Trinajstić information content (AvgIpc) is 2.27. The van der Waals surface area contributed by atoms with Crippen LogP contribution in [0.4, 0.5) is 0 Å². The van der Waals surface area contributed by atoms with Crippen molar-refractivity contribution < 1.29 is 14.4 Å². The Kier molecular flexibility index (Phi) is 3.34. The van der Waals surface area contributed by atoms with Gasteiger partial charge in [-0.2, -0.15) is 0 Å². The van der Waals surface area contributed by atoms with Crippen molar-refractivity contribution in [2.24, 2.45) is 0 Å². The lowest BCUT2D eigenvalue weighted by atomic mass is 9.98. The molecule has 0 heterocycles. The van der Waals surface area contributed by atoms with E-state index in [-0.39, 0.29) is 6.16 Å². The smallest absolute Gasteiger partial charge is 0.324 e. The second kappa shape index (κ2) is 4.61. The van der Waals surface area contributed by atoms with Gasteiger partial charge in [0.1, 0.15) is 0 Å². The maximum absolute atomic E-state index is 11.1. The normalized spacial score (nSPS) is 11.9. The lowest BCUT2D eigenvalue weighted by Gasteiger charge is -2.12. The van der Waals surface area contributed by atoms with Crippen molar-refractivity contribution in [3.63, 3.8) is 0 Å². The van der Waals surface area contributed by atoms with E-state index in [9.17, 15) is 4.57 Å². The highest BCUT2D eigenvalue weighted by atomic mass is 31.2. The van der Waals surface area contributed by atoms with Crippen LogP contribution in [0.3, 0.4) is 0 Å². The molecular formula is C13H15O3P. The summed E-state index contributed by atoms with van der Waals surface area (Å²) in [5, 5.41) is 2.19. The zero-order valence-corrected chi connectivity index (χ0v) is 10.5. The van der Waals surface area contributed by atoms with Gasteiger partial charge in [-0.15, -0.1) is 0 Å². The summed E-state index contributed by atoms with van der Waals surface area (Å²) in [6, 6.07) is 11.7. The summed E-state index contributed by atoms with van der Waals surface area (Å²) in [5.74, 6) is 0. The summed E-state index contributed by atoms with van der Waals surface area (Å²) < 4.78 is 11.1. The van der Waals surface area contributed by atoms with Crippen molar-refractivity contribution in [1.29, 1.82) is 0 Å². The van der Waals surface area contributed by atoms with Crippen LogP contribution in [0.1, 0.15) is 18.1 Å². The molecule has 0 fully saturated rings. The Hall–Kier alpha value is -1.15. The van der Waals surface area contributed by atoms with Gasteiger partial charge in [0, 0.05) is 0 Å². The van der Waals surface area contributed by atoms with Gasteiger partial charge in [-0.05, 0) is 28.3 Å². The number of hydrogen-bond acceptors (Lipinski definition) is 1. The zero-order valence-electron chi connectivity index (χ0n) is 9.63. The fourth-order valence-corrected chi connectivity index (χ4v) is 2.91. The molecule has 17 heavy (non-hydrogen) atoms. The van der Waals surface area contributed by atoms with Crippen LogP contribution >= 0.6 is 7.60 Å². The summed E-state index contributed by atoms with van der Waals surface area (Å²) in [7, 11) is -4.01. The predicted molar refractivity (Wildman–Crippen MR) is 69.1 cm³/mol. The first-order valence-corrected chi connectivity index (χ1v) is 7.35. The third-order valence-corrected chi connectivity index (χ3v) is 3.62. The van der Waals surface area contributed by atoms with Gasteiger partial charge < -0.3 is 9.79 Å². The minimum atomic E-state index is -4.01. The molecule has 0 unspecified atom stereocenters. The summed E-state index contributed by atoms with van der Waals surface area (Å²) in [5.41, 5.74) is 1.78. The van der Waals surface area contributed by atoms with E-state index >= 15 is 0 Å². The van der Waals surface area contributed by atoms with E-state index in [0.29, 0.717) is 0 Å². The van der Waals surface area contributed by atoms with Crippen molar-refractivity contribution in [2.45, 2.75) is 19.5 Å². The van der Waals surface area contributed by atoms with E-state index in [1.165, 1.54) is 0 Å². The number of fused-ring (bicyclic) bond motifs is 1. The second-order valence-electron chi connectivity index (χ2n) is 4.10. The fraction of sp³-hybridized carbons (Fsp3) is 0.231. The Morgan fingerprint density at radius 1 is 1.12 bits per heavy atom. The van der Waals surface area contributed by atoms with Gasteiger partial charge in [-0.1, -0.05) is 43.3 Å². The highest BCUT2D eigenvalue weighted by Crippen LogP contribution is 2.41. The number of aryl methyl sites for hydroxylation is 1. The minimum absolute atomic E-state index is 0.180. The number of benzene rings is 2. The SMILES string of the molecule is CCc1c(CP(=O)(O)O)ccc2ccccc12. The molecular weight excluding hydrogens is 235 g/mol. The molecule has 3 nitrogen and oxygen atoms in total. The van der Waals surface area contributed by atoms with Gasteiger partial charge in [-0.25, -0.2) is 0 Å². The van der Waals surface area contributed by atoms with Crippen molar-refractivity contribution in [3.05, 3.63) is 47.5 Å². The van der Waals surface area contributed by atoms with Crippen LogP contribution in [-0.2, 0) is 17.1 Å². The van der Waals surface area contributed by atoms with Crippen molar-refractivity contribution >= 4 is 18.4 Å². The Balaban J connectivity index is 2.61. The van der Waals surface area contributed by atoms with E-state index in [2.05, 4.69) is 0 Å². The number of hydrogen-bond donors (Lipinski definition) is 2. The van der Waals surface area contributed by atoms with Crippen LogP contribution in [0.15, 0.2) is 36.4 Å². The molecule has 0 atom stereocenters. The molecule has 0 aliphatic heterocycles. The zero-order chi connectivity index (χ0) is 12.5. The first-order chi connectivity index (χ1) is 8.01. The summed E-state index contributed by atoms with van der Waals surface area (Å²) in [4.78, 5) is 18.1. The van der Waals surface area contributed by atoms with Crippen molar-refractivity contribution in [3.8, 4) is 0 Å². The lowest BCUT2D eigenvalue weighted by molar-refractivity contribution is 0.371. The molecule has 2 aromatic rings. The van der Waals surface area contributed by atoms with E-state index < -0.39 is 7.60 Å². The second-order valence-corrected chi connectivity index (χ2v) is 5.75. The first-order valence-electron chi connectivity index (χ1n) is 5.55. The molecule has 0 aliphatic rings. The van der Waals surface area contributed by atoms with Crippen LogP contribution in [0, 0.1) is 0 Å². The van der Waals surface area contributed by atoms with Crippen LogP contribution < -0.4 is 0 Å². The highest BCUT2D eigenvalue weighted by molar-refractivity contribution is 7.50. The van der Waals surface area contributed by atoms with E-state index in [0.717, 1.165) is 28.3 Å². The molecule has 2 aromatic carbocycles. The average molecular weight is 250 g/mol. The molecule has 0 aliphatic carbocycles. The molecule has 2 N–H and O–H groups in total. The molecule has 0 spiro atoms. The molecule has 0 bridgehead atoms. The molecule has 0 radical (unpaired) electrons. The van der Waals surface area contributed by atoms with Crippen LogP contribution in [0.2, 0.25) is 0 Å². The quantitative estimate of drug-likeness (QED) is 0.823. The Morgan fingerprint density at radius 2 is 1.82 bits per heavy atom. The molecule has 90 valence electrons. The van der Waals surface area contributed by atoms with Gasteiger partial charge in [0.15, 0.2) is 0 Å². The molecule has 4 heteroatoms. The Labute approximate surface area is 100 Å². The highest BCUT2D eigenvalue weighted by Gasteiger charge is 2.17.